The molecule has 16 heavy (non-hydrogen) atoms. The summed E-state index contributed by atoms with van der Waals surface area (Å²) in [5.74, 6) is -0.575. The first-order valence-corrected chi connectivity index (χ1v) is 5.59. The lowest BCUT2D eigenvalue weighted by molar-refractivity contribution is -0.146. The van der Waals surface area contributed by atoms with Crippen LogP contribution in [0.4, 0.5) is 0 Å². The Kier molecular flexibility index (Phi) is 9.70. The summed E-state index contributed by atoms with van der Waals surface area (Å²) in [6, 6.07) is 0. The minimum absolute atomic E-state index is 0.241. The van der Waals surface area contributed by atoms with E-state index < -0.39 is 0 Å². The third kappa shape index (κ3) is 9.45. The fourth-order valence-electron chi connectivity index (χ4n) is 1.04. The molecule has 0 atom stereocenters. The highest BCUT2D eigenvalue weighted by Crippen LogP contribution is 1.99. The van der Waals surface area contributed by atoms with E-state index in [0.29, 0.717) is 26.2 Å². The van der Waals surface area contributed by atoms with Gasteiger partial charge in [0.1, 0.15) is 6.61 Å². The Morgan fingerprint density at radius 2 is 1.50 bits per heavy atom. The number of carbonyl (C=O) groups excluding carboxylic acids is 2. The van der Waals surface area contributed by atoms with Gasteiger partial charge in [-0.1, -0.05) is 0 Å². The van der Waals surface area contributed by atoms with Gasteiger partial charge in [0, 0.05) is 19.4 Å². The summed E-state index contributed by atoms with van der Waals surface area (Å²) in [6.07, 6.45) is 0.964. The van der Waals surface area contributed by atoms with Gasteiger partial charge in [-0.2, -0.15) is 0 Å². The molecule has 0 aliphatic rings. The number of esters is 2. The molecule has 0 bridgehead atoms. The standard InChI is InChI=1S/C11H20O5/c1-3-14-8-9-16-11(13)7-5-6-10(12)15-4-2/h3-9H2,1-2H3. The molecule has 0 aromatic carbocycles. The molecule has 0 aliphatic heterocycles. The van der Waals surface area contributed by atoms with E-state index in [4.69, 9.17) is 14.2 Å². The van der Waals surface area contributed by atoms with Gasteiger partial charge in [-0.3, -0.25) is 9.59 Å². The van der Waals surface area contributed by atoms with Crippen LogP contribution in [-0.4, -0.2) is 38.4 Å². The predicted octanol–water partition coefficient (Wildman–Crippen LogP) is 1.30. The summed E-state index contributed by atoms with van der Waals surface area (Å²) in [4.78, 5) is 22.0. The molecular formula is C11H20O5. The Hall–Kier alpha value is -1.10. The molecule has 0 unspecified atom stereocenters. The first-order valence-electron chi connectivity index (χ1n) is 5.59. The fraction of sp³-hybridized carbons (Fsp3) is 0.818. The van der Waals surface area contributed by atoms with Crippen molar-refractivity contribution in [2.45, 2.75) is 33.1 Å². The van der Waals surface area contributed by atoms with Gasteiger partial charge >= 0.3 is 11.9 Å². The van der Waals surface area contributed by atoms with Crippen LogP contribution in [0.2, 0.25) is 0 Å². The van der Waals surface area contributed by atoms with E-state index >= 15 is 0 Å². The summed E-state index contributed by atoms with van der Waals surface area (Å²) in [5.41, 5.74) is 0. The van der Waals surface area contributed by atoms with Crippen LogP contribution in [0.5, 0.6) is 0 Å². The van der Waals surface area contributed by atoms with E-state index in [1.165, 1.54) is 0 Å². The van der Waals surface area contributed by atoms with E-state index in [0.717, 1.165) is 0 Å². The van der Waals surface area contributed by atoms with E-state index in [-0.39, 0.29) is 31.4 Å². The van der Waals surface area contributed by atoms with Crippen LogP contribution in [-0.2, 0) is 23.8 Å². The highest BCUT2D eigenvalue weighted by molar-refractivity contribution is 5.72. The van der Waals surface area contributed by atoms with Crippen LogP contribution in [0.15, 0.2) is 0 Å². The van der Waals surface area contributed by atoms with Gasteiger partial charge < -0.3 is 14.2 Å². The molecule has 0 aromatic rings. The van der Waals surface area contributed by atoms with Crippen molar-refractivity contribution < 1.29 is 23.8 Å². The van der Waals surface area contributed by atoms with Crippen LogP contribution in [0.1, 0.15) is 33.1 Å². The average Bonchev–Trinajstić information content (AvgIpc) is 2.25. The van der Waals surface area contributed by atoms with Crippen LogP contribution in [0, 0.1) is 0 Å². The summed E-state index contributed by atoms with van der Waals surface area (Å²) in [5, 5.41) is 0. The van der Waals surface area contributed by atoms with Gasteiger partial charge in [-0.15, -0.1) is 0 Å². The highest BCUT2D eigenvalue weighted by Gasteiger charge is 2.06. The van der Waals surface area contributed by atoms with Crippen LogP contribution in [0.3, 0.4) is 0 Å². The normalized spacial score (nSPS) is 9.88. The third-order valence-corrected chi connectivity index (χ3v) is 1.76. The molecule has 5 heteroatoms. The van der Waals surface area contributed by atoms with Crippen molar-refractivity contribution in [3.8, 4) is 0 Å². The maximum absolute atomic E-state index is 11.1. The van der Waals surface area contributed by atoms with Crippen molar-refractivity contribution in [2.24, 2.45) is 0 Å². The smallest absolute Gasteiger partial charge is 0.305 e. The fourth-order valence-corrected chi connectivity index (χ4v) is 1.04. The molecule has 0 N–H and O–H groups in total. The van der Waals surface area contributed by atoms with E-state index in [9.17, 15) is 9.59 Å². The molecule has 94 valence electrons. The Morgan fingerprint density at radius 3 is 2.06 bits per heavy atom. The maximum atomic E-state index is 11.1. The van der Waals surface area contributed by atoms with Gasteiger partial charge in [0.15, 0.2) is 0 Å². The van der Waals surface area contributed by atoms with Gasteiger partial charge in [0.2, 0.25) is 0 Å². The minimum atomic E-state index is -0.302. The molecular weight excluding hydrogens is 212 g/mol. The second-order valence-corrected chi connectivity index (χ2v) is 3.08. The molecule has 0 spiro atoms. The lowest BCUT2D eigenvalue weighted by Crippen LogP contribution is -2.11. The van der Waals surface area contributed by atoms with Crippen LogP contribution < -0.4 is 0 Å². The topological polar surface area (TPSA) is 61.8 Å². The lowest BCUT2D eigenvalue weighted by atomic mass is 10.2. The molecule has 0 aliphatic carbocycles. The van der Waals surface area contributed by atoms with Crippen molar-refractivity contribution in [1.29, 1.82) is 0 Å². The SMILES string of the molecule is CCOCCOC(=O)CCCC(=O)OCC. The zero-order valence-electron chi connectivity index (χ0n) is 9.99. The van der Waals surface area contributed by atoms with Crippen molar-refractivity contribution >= 4 is 11.9 Å². The molecule has 5 nitrogen and oxygen atoms in total. The van der Waals surface area contributed by atoms with Gasteiger partial charge in [-0.25, -0.2) is 0 Å². The summed E-state index contributed by atoms with van der Waals surface area (Å²) < 4.78 is 14.6. The van der Waals surface area contributed by atoms with Crippen molar-refractivity contribution in [1.82, 2.24) is 0 Å². The zero-order chi connectivity index (χ0) is 12.2. The molecule has 0 radical (unpaired) electrons. The lowest BCUT2D eigenvalue weighted by Gasteiger charge is -2.04. The number of hydrogen-bond donors (Lipinski definition) is 0. The average molecular weight is 232 g/mol. The largest absolute Gasteiger partial charge is 0.466 e. The summed E-state index contributed by atoms with van der Waals surface area (Å²) in [6.45, 7) is 5.30. The van der Waals surface area contributed by atoms with Crippen molar-refractivity contribution in [3.63, 3.8) is 0 Å². The zero-order valence-corrected chi connectivity index (χ0v) is 9.99. The van der Waals surface area contributed by atoms with Crippen molar-refractivity contribution in [2.75, 3.05) is 26.4 Å². The monoisotopic (exact) mass is 232 g/mol. The molecule has 0 saturated carbocycles. The molecule has 0 saturated heterocycles. The predicted molar refractivity (Wildman–Crippen MR) is 57.9 cm³/mol. The molecule has 0 aromatic heterocycles. The molecule has 0 amide bonds. The Balaban J connectivity index is 3.33. The highest BCUT2D eigenvalue weighted by atomic mass is 16.6. The number of carbonyl (C=O) groups is 2. The van der Waals surface area contributed by atoms with Gasteiger partial charge in [0.25, 0.3) is 0 Å². The van der Waals surface area contributed by atoms with Crippen molar-refractivity contribution in [3.05, 3.63) is 0 Å². The van der Waals surface area contributed by atoms with E-state index in [1.54, 1.807) is 6.92 Å². The first-order chi connectivity index (χ1) is 7.70. The Morgan fingerprint density at radius 1 is 0.875 bits per heavy atom. The second-order valence-electron chi connectivity index (χ2n) is 3.08. The van der Waals surface area contributed by atoms with E-state index in [2.05, 4.69) is 0 Å². The van der Waals surface area contributed by atoms with E-state index in [1.807, 2.05) is 6.92 Å². The number of ether oxygens (including phenoxy) is 3. The first kappa shape index (κ1) is 14.9. The second kappa shape index (κ2) is 10.4. The maximum Gasteiger partial charge on any atom is 0.305 e. The van der Waals surface area contributed by atoms with Crippen LogP contribution in [0.25, 0.3) is 0 Å². The number of hydrogen-bond acceptors (Lipinski definition) is 5. The van der Waals surface area contributed by atoms with Gasteiger partial charge in [0.05, 0.1) is 13.2 Å². The Labute approximate surface area is 96.1 Å². The molecule has 0 rings (SSSR count). The quantitative estimate of drug-likeness (QED) is 0.443. The Bertz CT molecular complexity index is 203. The van der Waals surface area contributed by atoms with Crippen LogP contribution >= 0.6 is 0 Å². The van der Waals surface area contributed by atoms with Gasteiger partial charge in [-0.05, 0) is 20.3 Å². The molecule has 0 heterocycles. The summed E-state index contributed by atoms with van der Waals surface area (Å²) in [7, 11) is 0. The number of rotatable bonds is 9. The molecule has 0 fully saturated rings. The summed E-state index contributed by atoms with van der Waals surface area (Å²) >= 11 is 0. The third-order valence-electron chi connectivity index (χ3n) is 1.76. The minimum Gasteiger partial charge on any atom is -0.466 e.